The number of benzene rings is 1. The van der Waals surface area contributed by atoms with Gasteiger partial charge in [0.15, 0.2) is 0 Å². The first kappa shape index (κ1) is 17.0. The molecule has 2 aromatic rings. The third-order valence-corrected chi connectivity index (χ3v) is 5.85. The molecule has 0 bridgehead atoms. The molecule has 0 unspecified atom stereocenters. The van der Waals surface area contributed by atoms with Gasteiger partial charge in [-0.2, -0.15) is 13.1 Å². The summed E-state index contributed by atoms with van der Waals surface area (Å²) in [6, 6.07) is 4.62. The second-order valence-electron chi connectivity index (χ2n) is 4.70. The first-order valence-corrected chi connectivity index (χ1v) is 8.49. The van der Waals surface area contributed by atoms with E-state index in [1.54, 1.807) is 13.0 Å². The van der Waals surface area contributed by atoms with Crippen molar-refractivity contribution in [1.82, 2.24) is 13.9 Å². The highest BCUT2D eigenvalue weighted by Gasteiger charge is 2.24. The van der Waals surface area contributed by atoms with Crippen molar-refractivity contribution in [3.05, 3.63) is 46.5 Å². The number of aromatic nitrogens is 2. The maximum absolute atomic E-state index is 12.8. The summed E-state index contributed by atoms with van der Waals surface area (Å²) in [6.07, 6.45) is 2.33. The molecule has 0 radical (unpaired) electrons. The number of halogens is 3. The highest BCUT2D eigenvalue weighted by atomic mass is 79.9. The molecule has 120 valence electrons. The Bertz CT molecular complexity index is 777. The topological polar surface area (TPSA) is 55.2 Å². The minimum Gasteiger partial charge on any atom is -0.277 e. The Morgan fingerprint density at radius 3 is 2.68 bits per heavy atom. The van der Waals surface area contributed by atoms with E-state index in [1.807, 2.05) is 0 Å². The molecule has 0 saturated heterocycles. The van der Waals surface area contributed by atoms with Crippen LogP contribution in [0.25, 0.3) is 0 Å². The lowest BCUT2D eigenvalue weighted by atomic mass is 10.2. The predicted octanol–water partition coefficient (Wildman–Crippen LogP) is 3.17. The van der Waals surface area contributed by atoms with Crippen molar-refractivity contribution in [2.24, 2.45) is 0 Å². The fraction of sp³-hybridized carbons (Fsp3) is 0.308. The van der Waals surface area contributed by atoms with Gasteiger partial charge in [-0.15, -0.1) is 0 Å². The fourth-order valence-electron chi connectivity index (χ4n) is 1.89. The molecular formula is C13H14BrF2N3O2S. The fourth-order valence-corrected chi connectivity index (χ4v) is 3.34. The molecule has 0 aliphatic rings. The molecule has 5 nitrogen and oxygen atoms in total. The number of hydrogen-bond donors (Lipinski definition) is 0. The second-order valence-corrected chi connectivity index (χ2v) is 7.60. The Morgan fingerprint density at radius 1 is 1.41 bits per heavy atom. The summed E-state index contributed by atoms with van der Waals surface area (Å²) in [5.74, 6) is -0.0186. The SMILES string of the molecule is Cc1cc(S(=O)(=O)N(C)Cc2nccn2C(F)F)ccc1Br. The number of nitrogens with zero attached hydrogens (tertiary/aromatic N) is 3. The Morgan fingerprint density at radius 2 is 2.09 bits per heavy atom. The minimum absolute atomic E-state index is 0.0186. The minimum atomic E-state index is -3.78. The molecule has 0 fully saturated rings. The Balaban J connectivity index is 2.29. The highest BCUT2D eigenvalue weighted by Crippen LogP contribution is 2.23. The molecule has 2 rings (SSSR count). The molecule has 0 saturated carbocycles. The summed E-state index contributed by atoms with van der Waals surface area (Å²) in [5.41, 5.74) is 0.767. The lowest BCUT2D eigenvalue weighted by Crippen LogP contribution is -2.28. The van der Waals surface area contributed by atoms with Crippen LogP contribution in [0.1, 0.15) is 17.9 Å². The first-order valence-electron chi connectivity index (χ1n) is 6.26. The molecule has 0 aliphatic heterocycles. The van der Waals surface area contributed by atoms with E-state index in [4.69, 9.17) is 0 Å². The van der Waals surface area contributed by atoms with Crippen molar-refractivity contribution in [1.29, 1.82) is 0 Å². The van der Waals surface area contributed by atoms with E-state index in [0.717, 1.165) is 20.5 Å². The van der Waals surface area contributed by atoms with Gasteiger partial charge < -0.3 is 0 Å². The highest BCUT2D eigenvalue weighted by molar-refractivity contribution is 9.10. The summed E-state index contributed by atoms with van der Waals surface area (Å²) in [7, 11) is -2.45. The maximum Gasteiger partial charge on any atom is 0.319 e. The van der Waals surface area contributed by atoms with Crippen LogP contribution in [0, 0.1) is 6.92 Å². The summed E-state index contributed by atoms with van der Waals surface area (Å²) < 4.78 is 53.0. The largest absolute Gasteiger partial charge is 0.319 e. The average molecular weight is 394 g/mol. The van der Waals surface area contributed by atoms with Gasteiger partial charge >= 0.3 is 6.55 Å². The number of aryl methyl sites for hydroxylation is 1. The van der Waals surface area contributed by atoms with Crippen molar-refractivity contribution < 1.29 is 17.2 Å². The van der Waals surface area contributed by atoms with Gasteiger partial charge in [0.2, 0.25) is 10.0 Å². The van der Waals surface area contributed by atoms with Gasteiger partial charge in [-0.1, -0.05) is 15.9 Å². The van der Waals surface area contributed by atoms with E-state index in [9.17, 15) is 17.2 Å². The van der Waals surface area contributed by atoms with Crippen LogP contribution < -0.4 is 0 Å². The molecular weight excluding hydrogens is 380 g/mol. The van der Waals surface area contributed by atoms with Crippen LogP contribution in [0.4, 0.5) is 8.78 Å². The van der Waals surface area contributed by atoms with E-state index in [1.165, 1.54) is 25.4 Å². The van der Waals surface area contributed by atoms with Gasteiger partial charge in [0.1, 0.15) is 5.82 Å². The van der Waals surface area contributed by atoms with Crippen molar-refractivity contribution in [3.63, 3.8) is 0 Å². The van der Waals surface area contributed by atoms with Crippen molar-refractivity contribution >= 4 is 26.0 Å². The molecule has 9 heteroatoms. The van der Waals surface area contributed by atoms with Crippen LogP contribution in [-0.2, 0) is 16.6 Å². The third-order valence-electron chi connectivity index (χ3n) is 3.16. The Kier molecular flexibility index (Phi) is 4.98. The number of rotatable bonds is 5. The van der Waals surface area contributed by atoms with Gasteiger partial charge in [-0.25, -0.2) is 13.4 Å². The molecule has 1 heterocycles. The quantitative estimate of drug-likeness (QED) is 0.783. The molecule has 0 N–H and O–H groups in total. The van der Waals surface area contributed by atoms with E-state index >= 15 is 0 Å². The van der Waals surface area contributed by atoms with Gasteiger partial charge in [-0.05, 0) is 30.7 Å². The zero-order chi connectivity index (χ0) is 16.5. The second kappa shape index (κ2) is 6.43. The maximum atomic E-state index is 12.8. The van der Waals surface area contributed by atoms with Gasteiger partial charge in [0.05, 0.1) is 11.4 Å². The normalized spacial score (nSPS) is 12.3. The molecule has 0 aliphatic carbocycles. The molecule has 0 spiro atoms. The first-order chi connectivity index (χ1) is 10.2. The Labute approximate surface area is 135 Å². The smallest absolute Gasteiger partial charge is 0.277 e. The zero-order valence-corrected chi connectivity index (χ0v) is 14.3. The monoisotopic (exact) mass is 393 g/mol. The number of sulfonamides is 1. The van der Waals surface area contributed by atoms with Crippen LogP contribution in [0.3, 0.4) is 0 Å². The molecule has 0 amide bonds. The van der Waals surface area contributed by atoms with E-state index < -0.39 is 16.6 Å². The van der Waals surface area contributed by atoms with Crippen molar-refractivity contribution in [2.75, 3.05) is 7.05 Å². The van der Waals surface area contributed by atoms with Crippen LogP contribution in [0.5, 0.6) is 0 Å². The summed E-state index contributed by atoms with van der Waals surface area (Å²) in [4.78, 5) is 3.89. The van der Waals surface area contributed by atoms with Gasteiger partial charge in [0.25, 0.3) is 0 Å². The lowest BCUT2D eigenvalue weighted by Gasteiger charge is -2.18. The van der Waals surface area contributed by atoms with E-state index in [-0.39, 0.29) is 17.3 Å². The Hall–Kier alpha value is -1.32. The number of hydrogen-bond acceptors (Lipinski definition) is 3. The van der Waals surface area contributed by atoms with Crippen molar-refractivity contribution in [2.45, 2.75) is 24.9 Å². The lowest BCUT2D eigenvalue weighted by molar-refractivity contribution is 0.0658. The van der Waals surface area contributed by atoms with Crippen LogP contribution >= 0.6 is 15.9 Å². The van der Waals surface area contributed by atoms with Crippen LogP contribution in [0.15, 0.2) is 40.0 Å². The molecule has 1 aromatic heterocycles. The van der Waals surface area contributed by atoms with E-state index in [2.05, 4.69) is 20.9 Å². The summed E-state index contributed by atoms with van der Waals surface area (Å²) in [6.45, 7) is -1.23. The van der Waals surface area contributed by atoms with Crippen LogP contribution in [-0.4, -0.2) is 29.3 Å². The summed E-state index contributed by atoms with van der Waals surface area (Å²) >= 11 is 3.30. The van der Waals surface area contributed by atoms with Crippen LogP contribution in [0.2, 0.25) is 0 Å². The van der Waals surface area contributed by atoms with Crippen molar-refractivity contribution in [3.8, 4) is 0 Å². The third kappa shape index (κ3) is 3.36. The standard InChI is InChI=1S/C13H14BrF2N3O2S/c1-9-7-10(3-4-11(9)14)22(20,21)18(2)8-12-17-5-6-19(12)13(15)16/h3-7,13H,8H2,1-2H3. The zero-order valence-electron chi connectivity index (χ0n) is 11.9. The van der Waals surface area contributed by atoms with Gasteiger partial charge in [-0.3, -0.25) is 4.57 Å². The molecule has 1 aromatic carbocycles. The predicted molar refractivity (Wildman–Crippen MR) is 81.0 cm³/mol. The van der Waals surface area contributed by atoms with E-state index in [0.29, 0.717) is 4.57 Å². The average Bonchev–Trinajstić information content (AvgIpc) is 2.90. The molecule has 22 heavy (non-hydrogen) atoms. The number of imidazole rings is 1. The summed E-state index contributed by atoms with van der Waals surface area (Å²) in [5, 5.41) is 0. The number of alkyl halides is 2. The van der Waals surface area contributed by atoms with Gasteiger partial charge in [0, 0.05) is 23.9 Å². The molecule has 0 atom stereocenters.